The largest absolute Gasteiger partial charge is 0.480 e. The maximum Gasteiger partial charge on any atom is 0.326 e. The van der Waals surface area contributed by atoms with Gasteiger partial charge in [0.15, 0.2) is 0 Å². The second-order valence-electron chi connectivity index (χ2n) is 3.94. The van der Waals surface area contributed by atoms with E-state index in [1.165, 1.54) is 16.9 Å². The van der Waals surface area contributed by atoms with E-state index in [4.69, 9.17) is 10.8 Å². The molecule has 0 aliphatic heterocycles. The topological polar surface area (TPSA) is 76.2 Å². The molecular formula is C13H14N2O2S. The summed E-state index contributed by atoms with van der Waals surface area (Å²) in [6.07, 6.45) is 0.993. The predicted octanol–water partition coefficient (Wildman–Crippen LogP) is 2.46. The van der Waals surface area contributed by atoms with Gasteiger partial charge in [-0.3, -0.25) is 4.79 Å². The van der Waals surface area contributed by atoms with Crippen LogP contribution < -0.4 is 5.73 Å². The van der Waals surface area contributed by atoms with Crippen molar-refractivity contribution in [1.82, 2.24) is 4.98 Å². The Kier molecular flexibility index (Phi) is 3.74. The van der Waals surface area contributed by atoms with E-state index in [9.17, 15) is 4.79 Å². The number of thiazole rings is 1. The third kappa shape index (κ3) is 2.57. The summed E-state index contributed by atoms with van der Waals surface area (Å²) < 4.78 is 0. The van der Waals surface area contributed by atoms with Crippen molar-refractivity contribution >= 4 is 17.3 Å². The van der Waals surface area contributed by atoms with Gasteiger partial charge in [0.05, 0.1) is 5.69 Å². The monoisotopic (exact) mass is 262 g/mol. The van der Waals surface area contributed by atoms with Crippen LogP contribution in [0.5, 0.6) is 0 Å². The van der Waals surface area contributed by atoms with E-state index >= 15 is 0 Å². The molecular weight excluding hydrogens is 248 g/mol. The van der Waals surface area contributed by atoms with Crippen molar-refractivity contribution in [3.8, 4) is 10.6 Å². The van der Waals surface area contributed by atoms with Crippen molar-refractivity contribution in [2.75, 3.05) is 0 Å². The lowest BCUT2D eigenvalue weighted by atomic mass is 10.1. The molecule has 0 fully saturated rings. The fraction of sp³-hybridized carbons (Fsp3) is 0.231. The van der Waals surface area contributed by atoms with Gasteiger partial charge in [-0.1, -0.05) is 31.2 Å². The first-order valence-electron chi connectivity index (χ1n) is 5.65. The first-order valence-corrected chi connectivity index (χ1v) is 6.53. The van der Waals surface area contributed by atoms with Crippen LogP contribution in [0.15, 0.2) is 29.6 Å². The summed E-state index contributed by atoms with van der Waals surface area (Å²) >= 11 is 1.41. The lowest BCUT2D eigenvalue weighted by molar-refractivity contribution is -0.138. The normalized spacial score (nSPS) is 12.3. The summed E-state index contributed by atoms with van der Waals surface area (Å²) in [4.78, 5) is 15.0. The standard InChI is InChI=1S/C13H14N2O2S/c1-2-8-3-5-9(6-4-8)12-15-10(7-18-12)11(14)13(16)17/h3-7,11H,2,14H2,1H3,(H,16,17). The highest BCUT2D eigenvalue weighted by atomic mass is 32.1. The SMILES string of the molecule is CCc1ccc(-c2nc(C(N)C(=O)O)cs2)cc1. The molecule has 0 amide bonds. The number of nitrogens with zero attached hydrogens (tertiary/aromatic N) is 1. The zero-order valence-electron chi connectivity index (χ0n) is 9.96. The third-order valence-electron chi connectivity index (χ3n) is 2.72. The number of nitrogens with two attached hydrogens (primary N) is 1. The number of hydrogen-bond donors (Lipinski definition) is 2. The molecule has 1 aromatic carbocycles. The van der Waals surface area contributed by atoms with Crippen molar-refractivity contribution in [3.05, 3.63) is 40.9 Å². The van der Waals surface area contributed by atoms with Crippen LogP contribution in [0.2, 0.25) is 0 Å². The van der Waals surface area contributed by atoms with Crippen molar-refractivity contribution in [3.63, 3.8) is 0 Å². The third-order valence-corrected chi connectivity index (χ3v) is 3.63. The van der Waals surface area contributed by atoms with Gasteiger partial charge in [-0.25, -0.2) is 4.98 Å². The Hall–Kier alpha value is -1.72. The minimum absolute atomic E-state index is 0.405. The summed E-state index contributed by atoms with van der Waals surface area (Å²) in [5.41, 5.74) is 8.17. The molecule has 2 rings (SSSR count). The molecule has 1 unspecified atom stereocenters. The molecule has 0 aliphatic carbocycles. The Morgan fingerprint density at radius 1 is 1.44 bits per heavy atom. The van der Waals surface area contributed by atoms with E-state index in [2.05, 4.69) is 11.9 Å². The molecule has 0 bridgehead atoms. The summed E-state index contributed by atoms with van der Waals surface area (Å²) in [6.45, 7) is 2.10. The van der Waals surface area contributed by atoms with Crippen LogP contribution in [0, 0.1) is 0 Å². The molecule has 0 aliphatic rings. The molecule has 18 heavy (non-hydrogen) atoms. The molecule has 4 nitrogen and oxygen atoms in total. The fourth-order valence-corrected chi connectivity index (χ4v) is 2.43. The number of hydrogen-bond acceptors (Lipinski definition) is 4. The average molecular weight is 262 g/mol. The molecule has 0 saturated heterocycles. The Bertz CT molecular complexity index is 548. The minimum atomic E-state index is -1.06. The molecule has 3 N–H and O–H groups in total. The van der Waals surface area contributed by atoms with Crippen LogP contribution in [0.3, 0.4) is 0 Å². The van der Waals surface area contributed by atoms with E-state index in [1.54, 1.807) is 5.38 Å². The number of benzene rings is 1. The number of aliphatic carboxylic acids is 1. The van der Waals surface area contributed by atoms with Gasteiger partial charge >= 0.3 is 5.97 Å². The average Bonchev–Trinajstić information content (AvgIpc) is 2.87. The molecule has 0 spiro atoms. The molecule has 1 aromatic heterocycles. The number of carboxylic acids is 1. The lowest BCUT2D eigenvalue weighted by Gasteiger charge is -2.01. The van der Waals surface area contributed by atoms with Gasteiger partial charge < -0.3 is 10.8 Å². The van der Waals surface area contributed by atoms with Crippen LogP contribution in [-0.4, -0.2) is 16.1 Å². The van der Waals surface area contributed by atoms with Gasteiger partial charge in [0.25, 0.3) is 0 Å². The van der Waals surface area contributed by atoms with Crippen LogP contribution >= 0.6 is 11.3 Å². The van der Waals surface area contributed by atoms with Gasteiger partial charge in [-0.05, 0) is 12.0 Å². The second kappa shape index (κ2) is 5.29. The molecule has 1 heterocycles. The fourth-order valence-electron chi connectivity index (χ4n) is 1.57. The van der Waals surface area contributed by atoms with E-state index in [-0.39, 0.29) is 0 Å². The highest BCUT2D eigenvalue weighted by Gasteiger charge is 2.17. The molecule has 1 atom stereocenters. The summed E-state index contributed by atoms with van der Waals surface area (Å²) in [5.74, 6) is -1.06. The number of aryl methyl sites for hydroxylation is 1. The molecule has 94 valence electrons. The minimum Gasteiger partial charge on any atom is -0.480 e. The van der Waals surface area contributed by atoms with Gasteiger partial charge in [0, 0.05) is 10.9 Å². The lowest BCUT2D eigenvalue weighted by Crippen LogP contribution is -2.20. The van der Waals surface area contributed by atoms with E-state index in [0.717, 1.165) is 17.0 Å². The first kappa shape index (κ1) is 12.7. The zero-order valence-corrected chi connectivity index (χ0v) is 10.8. The first-order chi connectivity index (χ1) is 8.61. The number of carboxylic acid groups (broad SMARTS) is 1. The summed E-state index contributed by atoms with van der Waals surface area (Å²) in [7, 11) is 0. The van der Waals surface area contributed by atoms with Crippen molar-refractivity contribution < 1.29 is 9.90 Å². The Labute approximate surface area is 109 Å². The summed E-state index contributed by atoms with van der Waals surface area (Å²) in [6, 6.07) is 7.03. The molecule has 5 heteroatoms. The van der Waals surface area contributed by atoms with Crippen LogP contribution in [-0.2, 0) is 11.2 Å². The molecule has 0 saturated carbocycles. The maximum absolute atomic E-state index is 10.8. The van der Waals surface area contributed by atoms with Gasteiger partial charge in [0.1, 0.15) is 11.0 Å². The van der Waals surface area contributed by atoms with Gasteiger partial charge in [-0.15, -0.1) is 11.3 Å². The van der Waals surface area contributed by atoms with Crippen LogP contribution in [0.1, 0.15) is 24.2 Å². The van der Waals surface area contributed by atoms with Crippen molar-refractivity contribution in [2.24, 2.45) is 5.73 Å². The Balaban J connectivity index is 2.26. The van der Waals surface area contributed by atoms with Crippen LogP contribution in [0.4, 0.5) is 0 Å². The zero-order chi connectivity index (χ0) is 13.1. The van der Waals surface area contributed by atoms with E-state index in [0.29, 0.717) is 5.69 Å². The summed E-state index contributed by atoms with van der Waals surface area (Å²) in [5, 5.41) is 11.3. The quantitative estimate of drug-likeness (QED) is 0.887. The van der Waals surface area contributed by atoms with Crippen molar-refractivity contribution in [1.29, 1.82) is 0 Å². The van der Waals surface area contributed by atoms with Gasteiger partial charge in [-0.2, -0.15) is 0 Å². The number of aromatic nitrogens is 1. The van der Waals surface area contributed by atoms with Crippen molar-refractivity contribution in [2.45, 2.75) is 19.4 Å². The van der Waals surface area contributed by atoms with Gasteiger partial charge in [0.2, 0.25) is 0 Å². The maximum atomic E-state index is 10.8. The Morgan fingerprint density at radius 2 is 2.11 bits per heavy atom. The van der Waals surface area contributed by atoms with Crippen LogP contribution in [0.25, 0.3) is 10.6 Å². The Morgan fingerprint density at radius 3 is 2.67 bits per heavy atom. The molecule has 0 radical (unpaired) electrons. The molecule has 2 aromatic rings. The predicted molar refractivity (Wildman–Crippen MR) is 71.5 cm³/mol. The van der Waals surface area contributed by atoms with E-state index < -0.39 is 12.0 Å². The highest BCUT2D eigenvalue weighted by Crippen LogP contribution is 2.26. The number of rotatable bonds is 4. The van der Waals surface area contributed by atoms with E-state index in [1.807, 2.05) is 24.3 Å². The second-order valence-corrected chi connectivity index (χ2v) is 4.80. The smallest absolute Gasteiger partial charge is 0.326 e. The highest BCUT2D eigenvalue weighted by molar-refractivity contribution is 7.13. The number of carbonyl (C=O) groups is 1.